The molecule has 1 aliphatic heterocycles. The lowest BCUT2D eigenvalue weighted by Gasteiger charge is -2.28. The third-order valence-corrected chi connectivity index (χ3v) is 4.60. The van der Waals surface area contributed by atoms with Gasteiger partial charge in [-0.3, -0.25) is 15.0 Å². The van der Waals surface area contributed by atoms with Crippen molar-refractivity contribution < 1.29 is 14.3 Å². The fraction of sp³-hybridized carbons (Fsp3) is 0.273. The monoisotopic (exact) mass is 379 g/mol. The zero-order valence-electron chi connectivity index (χ0n) is 16.2. The van der Waals surface area contributed by atoms with Gasteiger partial charge in [-0.05, 0) is 54.8 Å². The Kier molecular flexibility index (Phi) is 6.32. The molecule has 0 spiro atoms. The number of aryl methyl sites for hydroxylation is 1. The van der Waals surface area contributed by atoms with Gasteiger partial charge in [-0.25, -0.2) is 5.01 Å². The Morgan fingerprint density at radius 1 is 1.14 bits per heavy atom. The van der Waals surface area contributed by atoms with Crippen LogP contribution in [-0.2, 0) is 16.0 Å². The highest BCUT2D eigenvalue weighted by Crippen LogP contribution is 2.20. The number of carbonyl (C=O) groups is 2. The Morgan fingerprint density at radius 2 is 1.86 bits per heavy atom. The molecular weight excluding hydrogens is 354 g/mol. The summed E-state index contributed by atoms with van der Waals surface area (Å²) in [5.41, 5.74) is 7.16. The third kappa shape index (κ3) is 5.13. The van der Waals surface area contributed by atoms with Gasteiger partial charge in [0.25, 0.3) is 0 Å². The van der Waals surface area contributed by atoms with Gasteiger partial charge in [0.05, 0.1) is 12.8 Å². The fourth-order valence-electron chi connectivity index (χ4n) is 2.93. The minimum atomic E-state index is -0.191. The number of hydrogen-bond donors (Lipinski definition) is 2. The van der Waals surface area contributed by atoms with E-state index in [0.717, 1.165) is 23.4 Å². The molecule has 0 aliphatic carbocycles. The number of amides is 2. The maximum Gasteiger partial charge on any atom is 0.245 e. The van der Waals surface area contributed by atoms with Crippen molar-refractivity contribution in [2.75, 3.05) is 20.2 Å². The molecule has 2 amide bonds. The highest BCUT2D eigenvalue weighted by Gasteiger charge is 2.22. The van der Waals surface area contributed by atoms with E-state index in [1.54, 1.807) is 7.11 Å². The molecule has 2 aromatic carbocycles. The van der Waals surface area contributed by atoms with E-state index in [1.165, 1.54) is 16.1 Å². The molecule has 0 atom stereocenters. The van der Waals surface area contributed by atoms with Gasteiger partial charge in [0.15, 0.2) is 0 Å². The Morgan fingerprint density at radius 3 is 2.54 bits per heavy atom. The van der Waals surface area contributed by atoms with Crippen molar-refractivity contribution in [3.8, 4) is 5.75 Å². The number of carbonyl (C=O) groups excluding carboxylic acids is 2. The molecule has 0 fully saturated rings. The van der Waals surface area contributed by atoms with E-state index in [2.05, 4.69) is 35.0 Å². The Bertz CT molecular complexity index is 858. The van der Waals surface area contributed by atoms with Gasteiger partial charge >= 0.3 is 0 Å². The van der Waals surface area contributed by atoms with Crippen LogP contribution < -0.4 is 15.5 Å². The fourth-order valence-corrected chi connectivity index (χ4v) is 2.93. The number of ether oxygens (including phenoxy) is 1. The number of nitrogens with zero attached hydrogens (tertiary/aromatic N) is 1. The van der Waals surface area contributed by atoms with Gasteiger partial charge in [0.2, 0.25) is 11.8 Å². The molecule has 146 valence electrons. The summed E-state index contributed by atoms with van der Waals surface area (Å²) in [4.78, 5) is 24.4. The highest BCUT2D eigenvalue weighted by molar-refractivity contribution is 5.88. The van der Waals surface area contributed by atoms with Crippen LogP contribution in [0.2, 0.25) is 0 Å². The summed E-state index contributed by atoms with van der Waals surface area (Å²) < 4.78 is 5.17. The Balaban J connectivity index is 1.51. The van der Waals surface area contributed by atoms with Crippen molar-refractivity contribution in [1.82, 2.24) is 15.8 Å². The first-order chi connectivity index (χ1) is 13.5. The molecule has 3 rings (SSSR count). The van der Waals surface area contributed by atoms with Crippen LogP contribution in [-0.4, -0.2) is 37.0 Å². The van der Waals surface area contributed by atoms with Crippen LogP contribution in [0.4, 0.5) is 0 Å². The molecule has 2 N–H and O–H groups in total. The zero-order valence-corrected chi connectivity index (χ0v) is 16.2. The number of nitrogens with one attached hydrogen (secondary N) is 2. The maximum absolute atomic E-state index is 12.2. The number of benzene rings is 2. The molecule has 0 bridgehead atoms. The minimum absolute atomic E-state index is 0.0276. The van der Waals surface area contributed by atoms with Crippen LogP contribution >= 0.6 is 0 Å². The Labute approximate surface area is 165 Å². The van der Waals surface area contributed by atoms with E-state index in [1.807, 2.05) is 37.3 Å². The molecule has 6 heteroatoms. The summed E-state index contributed by atoms with van der Waals surface area (Å²) in [6, 6.07) is 15.8. The second kappa shape index (κ2) is 9.08. The lowest BCUT2D eigenvalue weighted by molar-refractivity contribution is -0.137. The lowest BCUT2D eigenvalue weighted by Crippen LogP contribution is -2.49. The zero-order chi connectivity index (χ0) is 19.9. The summed E-state index contributed by atoms with van der Waals surface area (Å²) >= 11 is 0. The Hall–Kier alpha value is -3.28. The van der Waals surface area contributed by atoms with Crippen LogP contribution in [0.5, 0.6) is 5.75 Å². The van der Waals surface area contributed by atoms with Crippen LogP contribution in [0.25, 0.3) is 5.70 Å². The molecular formula is C22H25N3O3. The molecule has 1 aliphatic rings. The second-order valence-corrected chi connectivity index (χ2v) is 6.73. The van der Waals surface area contributed by atoms with E-state index in [9.17, 15) is 9.59 Å². The predicted molar refractivity (Wildman–Crippen MR) is 108 cm³/mol. The number of hydrogen-bond acceptors (Lipinski definition) is 4. The van der Waals surface area contributed by atoms with Crippen molar-refractivity contribution in [2.24, 2.45) is 0 Å². The second-order valence-electron chi connectivity index (χ2n) is 6.73. The van der Waals surface area contributed by atoms with Crippen LogP contribution in [0.15, 0.2) is 54.6 Å². The quantitative estimate of drug-likeness (QED) is 0.775. The van der Waals surface area contributed by atoms with Crippen LogP contribution in [0.3, 0.4) is 0 Å². The van der Waals surface area contributed by atoms with Crippen molar-refractivity contribution >= 4 is 17.5 Å². The molecule has 2 aromatic rings. The summed E-state index contributed by atoms with van der Waals surface area (Å²) in [5.74, 6) is 0.441. The summed E-state index contributed by atoms with van der Waals surface area (Å²) in [5, 5.41) is 4.24. The molecule has 0 saturated carbocycles. The topological polar surface area (TPSA) is 70.7 Å². The number of rotatable bonds is 7. The molecule has 28 heavy (non-hydrogen) atoms. The van der Waals surface area contributed by atoms with E-state index in [0.29, 0.717) is 6.54 Å². The van der Waals surface area contributed by atoms with Crippen molar-refractivity contribution in [1.29, 1.82) is 0 Å². The normalized spacial score (nSPS) is 13.6. The first-order valence-corrected chi connectivity index (χ1v) is 9.29. The van der Waals surface area contributed by atoms with Gasteiger partial charge in [-0.15, -0.1) is 0 Å². The van der Waals surface area contributed by atoms with Crippen LogP contribution in [0, 0.1) is 6.92 Å². The average Bonchev–Trinajstić information content (AvgIpc) is 2.71. The number of methoxy groups -OCH3 is 1. The smallest absolute Gasteiger partial charge is 0.245 e. The van der Waals surface area contributed by atoms with E-state index in [-0.39, 0.29) is 24.8 Å². The molecule has 0 radical (unpaired) electrons. The first kappa shape index (κ1) is 19.5. The molecule has 1 heterocycles. The standard InChI is InChI=1S/C22H25N3O3/c1-16-3-5-17(6-4-16)13-14-23-21(26)15-25-22(27)12-11-20(24-25)18-7-9-19(28-2)10-8-18/h3-11,24H,12-15H2,1-2H3,(H,23,26). The first-order valence-electron chi connectivity index (χ1n) is 9.29. The predicted octanol–water partition coefficient (Wildman–Crippen LogP) is 2.44. The van der Waals surface area contributed by atoms with E-state index < -0.39 is 0 Å². The maximum atomic E-state index is 12.2. The summed E-state index contributed by atoms with van der Waals surface area (Å²) in [6.07, 6.45) is 2.84. The van der Waals surface area contributed by atoms with Gasteiger partial charge in [0, 0.05) is 13.0 Å². The van der Waals surface area contributed by atoms with Crippen molar-refractivity contribution in [3.05, 3.63) is 71.3 Å². The molecule has 0 unspecified atom stereocenters. The average molecular weight is 379 g/mol. The largest absolute Gasteiger partial charge is 0.497 e. The van der Waals surface area contributed by atoms with Gasteiger partial charge in [0.1, 0.15) is 12.3 Å². The summed E-state index contributed by atoms with van der Waals surface area (Å²) in [6.45, 7) is 2.55. The lowest BCUT2D eigenvalue weighted by atomic mass is 10.1. The highest BCUT2D eigenvalue weighted by atomic mass is 16.5. The summed E-state index contributed by atoms with van der Waals surface area (Å²) in [7, 11) is 1.62. The van der Waals surface area contributed by atoms with Gasteiger partial charge in [-0.1, -0.05) is 29.8 Å². The molecule has 0 saturated heterocycles. The van der Waals surface area contributed by atoms with Gasteiger partial charge < -0.3 is 10.1 Å². The minimum Gasteiger partial charge on any atom is -0.497 e. The van der Waals surface area contributed by atoms with Crippen LogP contribution in [0.1, 0.15) is 23.1 Å². The van der Waals surface area contributed by atoms with Gasteiger partial charge in [-0.2, -0.15) is 0 Å². The SMILES string of the molecule is COc1ccc(C2=CCC(=O)N(CC(=O)NCCc3ccc(C)cc3)N2)cc1. The van der Waals surface area contributed by atoms with E-state index >= 15 is 0 Å². The van der Waals surface area contributed by atoms with Crippen molar-refractivity contribution in [3.63, 3.8) is 0 Å². The molecule has 6 nitrogen and oxygen atoms in total. The van der Waals surface area contributed by atoms with Crippen molar-refractivity contribution in [2.45, 2.75) is 19.8 Å². The molecule has 0 aromatic heterocycles. The number of hydrazine groups is 1. The third-order valence-electron chi connectivity index (χ3n) is 4.60. The van der Waals surface area contributed by atoms with E-state index in [4.69, 9.17) is 4.74 Å².